The standard InChI is InChI=1S/C34H56O27/c1-8(39)2-3-9(40)25-15(42)14(41)21(48)34(57-25)61-29-13(7-38)56-33(24(51)19(29)46)60-28-12(6-37)55-32(23(50)18(28)45)59-27-11(5-36)54-31(22(49)17(27)44)58-26-10(4-35)53-30(52)20(47)16(26)43/h3,10-38,40-52H,2,4-7H2,1H3/t10-,11-,12-,13-,14+,15+,16-,17-,18-,19-,20-,21-,22-,23-,24-,25-,26-,27-,28-,29-,30+,31-,32-,33-,34-/m1/s1. The van der Waals surface area contributed by atoms with Crippen molar-refractivity contribution < 1.29 is 134 Å². The second-order valence-electron chi connectivity index (χ2n) is 15.2. The number of allylic oxidation sites excluding steroid dienone is 1. The van der Waals surface area contributed by atoms with Crippen LogP contribution in [-0.4, -0.2) is 273 Å². The molecule has 0 radical (unpaired) electrons. The van der Waals surface area contributed by atoms with E-state index in [1.54, 1.807) is 0 Å². The molecule has 0 aliphatic carbocycles. The van der Waals surface area contributed by atoms with Crippen LogP contribution in [-0.2, 0) is 47.4 Å². The molecule has 5 rings (SSSR count). The molecule has 0 aromatic heterocycles. The minimum Gasteiger partial charge on any atom is -0.510 e. The largest absolute Gasteiger partial charge is 0.510 e. The normalized spacial score (nSPS) is 50.0. The molecule has 27 nitrogen and oxygen atoms in total. The van der Waals surface area contributed by atoms with Crippen molar-refractivity contribution in [3.63, 3.8) is 0 Å². The lowest BCUT2D eigenvalue weighted by Gasteiger charge is -2.49. The molecule has 0 aromatic carbocycles. The van der Waals surface area contributed by atoms with Gasteiger partial charge >= 0.3 is 0 Å². The van der Waals surface area contributed by atoms with Crippen molar-refractivity contribution in [2.45, 2.75) is 167 Å². The van der Waals surface area contributed by atoms with E-state index in [2.05, 4.69) is 0 Å². The molecule has 5 fully saturated rings. The second kappa shape index (κ2) is 21.5. The van der Waals surface area contributed by atoms with E-state index in [0.717, 1.165) is 6.08 Å². The highest BCUT2D eigenvalue weighted by atomic mass is 16.8. The molecular weight excluding hydrogens is 840 g/mol. The summed E-state index contributed by atoms with van der Waals surface area (Å²) in [6.45, 7) is -2.59. The zero-order valence-electron chi connectivity index (χ0n) is 32.2. The van der Waals surface area contributed by atoms with Crippen molar-refractivity contribution in [1.29, 1.82) is 0 Å². The molecular formula is C34H56O27. The predicted molar refractivity (Wildman–Crippen MR) is 185 cm³/mol. The summed E-state index contributed by atoms with van der Waals surface area (Å²) in [6, 6.07) is 0. The Labute approximate surface area is 345 Å². The highest BCUT2D eigenvalue weighted by Crippen LogP contribution is 2.36. The first-order valence-corrected chi connectivity index (χ1v) is 19.2. The minimum atomic E-state index is -2.14. The molecule has 0 bridgehead atoms. The number of hydrogen-bond donors (Lipinski definition) is 17. The zero-order valence-corrected chi connectivity index (χ0v) is 32.2. The molecule has 61 heavy (non-hydrogen) atoms. The fraction of sp³-hybridized carbons (Fsp3) is 0.912. The summed E-state index contributed by atoms with van der Waals surface area (Å²) < 4.78 is 49.4. The van der Waals surface area contributed by atoms with Gasteiger partial charge in [0.15, 0.2) is 31.5 Å². The molecule has 354 valence electrons. The van der Waals surface area contributed by atoms with Gasteiger partial charge in [-0.05, 0) is 13.0 Å². The van der Waals surface area contributed by atoms with E-state index in [9.17, 15) is 91.6 Å². The Morgan fingerprint density at radius 1 is 0.443 bits per heavy atom. The highest BCUT2D eigenvalue weighted by Gasteiger charge is 2.56. The fourth-order valence-corrected chi connectivity index (χ4v) is 7.42. The first-order valence-electron chi connectivity index (χ1n) is 19.2. The summed E-state index contributed by atoms with van der Waals surface area (Å²) in [4.78, 5) is 11.4. The summed E-state index contributed by atoms with van der Waals surface area (Å²) in [5.74, 6) is -1.09. The average Bonchev–Trinajstić information content (AvgIpc) is 3.24. The maximum atomic E-state index is 11.4. The number of aliphatic hydroxyl groups excluding tert-OH is 17. The maximum absolute atomic E-state index is 11.4. The molecule has 0 unspecified atom stereocenters. The van der Waals surface area contributed by atoms with Crippen LogP contribution < -0.4 is 0 Å². The van der Waals surface area contributed by atoms with Crippen LogP contribution in [0.5, 0.6) is 0 Å². The van der Waals surface area contributed by atoms with Gasteiger partial charge in [-0.3, -0.25) is 4.79 Å². The van der Waals surface area contributed by atoms with Crippen LogP contribution >= 0.6 is 0 Å². The number of Topliss-reactive ketones (excluding diaryl/α,β-unsaturated/α-hetero) is 1. The number of aliphatic hydroxyl groups is 17. The lowest BCUT2D eigenvalue weighted by molar-refractivity contribution is -0.392. The van der Waals surface area contributed by atoms with Crippen molar-refractivity contribution in [3.8, 4) is 0 Å². The summed E-state index contributed by atoms with van der Waals surface area (Å²) in [5, 5.41) is 178. The van der Waals surface area contributed by atoms with Gasteiger partial charge in [-0.15, -0.1) is 0 Å². The summed E-state index contributed by atoms with van der Waals surface area (Å²) in [7, 11) is 0. The van der Waals surface area contributed by atoms with Crippen molar-refractivity contribution >= 4 is 5.78 Å². The van der Waals surface area contributed by atoms with Gasteiger partial charge < -0.3 is 129 Å². The molecule has 0 saturated carbocycles. The third-order valence-electron chi connectivity index (χ3n) is 10.9. The van der Waals surface area contributed by atoms with E-state index in [-0.39, 0.29) is 12.2 Å². The third-order valence-corrected chi connectivity index (χ3v) is 10.9. The molecule has 5 aliphatic heterocycles. The fourth-order valence-electron chi connectivity index (χ4n) is 7.42. The Kier molecular flexibility index (Phi) is 17.7. The predicted octanol–water partition coefficient (Wildman–Crippen LogP) is -10.5. The van der Waals surface area contributed by atoms with E-state index in [1.165, 1.54) is 6.92 Å². The van der Waals surface area contributed by atoms with Crippen molar-refractivity contribution in [3.05, 3.63) is 11.8 Å². The molecule has 5 saturated heterocycles. The van der Waals surface area contributed by atoms with Crippen LogP contribution in [0.4, 0.5) is 0 Å². The Balaban J connectivity index is 1.23. The third kappa shape index (κ3) is 10.7. The molecule has 0 amide bonds. The smallest absolute Gasteiger partial charge is 0.187 e. The van der Waals surface area contributed by atoms with E-state index >= 15 is 0 Å². The van der Waals surface area contributed by atoms with Crippen LogP contribution in [0.25, 0.3) is 0 Å². The van der Waals surface area contributed by atoms with Gasteiger partial charge in [0.05, 0.1) is 26.4 Å². The molecule has 25 atom stereocenters. The molecule has 27 heteroatoms. The Bertz CT molecular complexity index is 1420. The molecule has 0 spiro atoms. The van der Waals surface area contributed by atoms with Gasteiger partial charge in [0, 0.05) is 6.42 Å². The van der Waals surface area contributed by atoms with E-state index < -0.39 is 186 Å². The highest BCUT2D eigenvalue weighted by molar-refractivity contribution is 5.77. The van der Waals surface area contributed by atoms with Crippen LogP contribution in [0.2, 0.25) is 0 Å². The van der Waals surface area contributed by atoms with Crippen molar-refractivity contribution in [1.82, 2.24) is 0 Å². The minimum absolute atomic E-state index is 0.289. The molecule has 0 aromatic rings. The number of ether oxygens (including phenoxy) is 9. The van der Waals surface area contributed by atoms with Crippen LogP contribution in [0.15, 0.2) is 11.8 Å². The maximum Gasteiger partial charge on any atom is 0.187 e. The van der Waals surface area contributed by atoms with E-state index in [1.807, 2.05) is 0 Å². The Morgan fingerprint density at radius 3 is 1.10 bits per heavy atom. The summed E-state index contributed by atoms with van der Waals surface area (Å²) in [5.41, 5.74) is 0. The summed E-state index contributed by atoms with van der Waals surface area (Å²) >= 11 is 0. The SMILES string of the molecule is CC(=O)CC=C(O)[C@H]1O[C@H](O[C@H]2[C@H](O)[C@@H](O)[C@@H](O[C@H]3[C@H](O)[C@@H](O)[C@@H](O[C@H]4[C@H](O)[C@@H](O)[C@@H](O[C@H]5[C@H](O)[C@@H](O)[C@@H](O)O[C@@H]5CO)O[C@@H]4CO)O[C@@H]3CO)O[C@@H]2CO)[C@H](O)[C@@H](O)[C@@H]1O. The molecule has 17 N–H and O–H groups in total. The second-order valence-corrected chi connectivity index (χ2v) is 15.2. The quantitative estimate of drug-likeness (QED) is 0.0679. The molecule has 5 aliphatic rings. The number of ketones is 1. The lowest BCUT2D eigenvalue weighted by atomic mass is 9.95. The first-order chi connectivity index (χ1) is 28.8. The van der Waals surface area contributed by atoms with Gasteiger partial charge in [-0.25, -0.2) is 0 Å². The summed E-state index contributed by atoms with van der Waals surface area (Å²) in [6.07, 6.45) is -46.6. The van der Waals surface area contributed by atoms with Crippen LogP contribution in [0.1, 0.15) is 13.3 Å². The Hall–Kier alpha value is -1.79. The van der Waals surface area contributed by atoms with Crippen molar-refractivity contribution in [2.24, 2.45) is 0 Å². The van der Waals surface area contributed by atoms with Gasteiger partial charge in [0.2, 0.25) is 0 Å². The van der Waals surface area contributed by atoms with E-state index in [0.29, 0.717) is 0 Å². The number of hydrogen-bond acceptors (Lipinski definition) is 27. The number of carbonyl (C=O) groups is 1. The Morgan fingerprint density at radius 2 is 0.754 bits per heavy atom. The first kappa shape index (κ1) is 50.2. The zero-order chi connectivity index (χ0) is 45.2. The van der Waals surface area contributed by atoms with Gasteiger partial charge in [-0.1, -0.05) is 0 Å². The topological polar surface area (TPSA) is 444 Å². The van der Waals surface area contributed by atoms with Gasteiger partial charge in [0.1, 0.15) is 134 Å². The van der Waals surface area contributed by atoms with E-state index in [4.69, 9.17) is 42.6 Å². The lowest BCUT2D eigenvalue weighted by Crippen LogP contribution is -2.68. The van der Waals surface area contributed by atoms with Gasteiger partial charge in [0.25, 0.3) is 0 Å². The number of carbonyl (C=O) groups excluding carboxylic acids is 1. The molecule has 5 heterocycles. The van der Waals surface area contributed by atoms with Gasteiger partial charge in [-0.2, -0.15) is 0 Å². The van der Waals surface area contributed by atoms with Crippen LogP contribution in [0.3, 0.4) is 0 Å². The number of rotatable bonds is 15. The monoisotopic (exact) mass is 896 g/mol. The average molecular weight is 897 g/mol. The van der Waals surface area contributed by atoms with Crippen LogP contribution in [0, 0.1) is 0 Å². The van der Waals surface area contributed by atoms with Crippen molar-refractivity contribution in [2.75, 3.05) is 26.4 Å².